The van der Waals surface area contributed by atoms with E-state index in [0.717, 1.165) is 36.1 Å². The zero-order valence-electron chi connectivity index (χ0n) is 18.2. The molecular formula is C22H25F3N2O5S. The molecule has 0 atom stereocenters. The third-order valence-electron chi connectivity index (χ3n) is 5.02. The van der Waals surface area contributed by atoms with Gasteiger partial charge in [0.1, 0.15) is 11.5 Å². The topological polar surface area (TPSA) is 84.9 Å². The van der Waals surface area contributed by atoms with E-state index in [-0.39, 0.29) is 16.3 Å². The first-order valence-electron chi connectivity index (χ1n) is 10.3. The van der Waals surface area contributed by atoms with Crippen molar-refractivity contribution in [2.45, 2.75) is 37.8 Å². The van der Waals surface area contributed by atoms with Crippen molar-refractivity contribution in [1.82, 2.24) is 4.31 Å². The molecule has 1 amide bonds. The summed E-state index contributed by atoms with van der Waals surface area (Å²) in [5.74, 6) is -0.486. The SMILES string of the molecule is Cc1ccc(C)c(OCC(=O)Nc2cc(S(=O)(=O)N3CCCC3)ccc2OCC(F)(F)F)c1. The smallest absolute Gasteiger partial charge is 0.422 e. The summed E-state index contributed by atoms with van der Waals surface area (Å²) in [7, 11) is -3.85. The summed E-state index contributed by atoms with van der Waals surface area (Å²) in [6.45, 7) is 2.38. The number of nitrogens with zero attached hydrogens (tertiary/aromatic N) is 1. The predicted octanol–water partition coefficient (Wildman–Crippen LogP) is 4.05. The number of alkyl halides is 3. The minimum atomic E-state index is -4.60. The van der Waals surface area contributed by atoms with Crippen LogP contribution in [0.1, 0.15) is 24.0 Å². The van der Waals surface area contributed by atoms with Crippen LogP contribution in [0, 0.1) is 13.8 Å². The molecule has 1 aliphatic heterocycles. The van der Waals surface area contributed by atoms with Crippen molar-refractivity contribution in [2.75, 3.05) is 31.6 Å². The molecule has 11 heteroatoms. The van der Waals surface area contributed by atoms with Crippen LogP contribution in [0.4, 0.5) is 18.9 Å². The molecule has 0 aromatic heterocycles. The summed E-state index contributed by atoms with van der Waals surface area (Å²) in [4.78, 5) is 12.3. The van der Waals surface area contributed by atoms with Gasteiger partial charge in [0.05, 0.1) is 10.6 Å². The number of halogens is 3. The minimum absolute atomic E-state index is 0.144. The number of carbonyl (C=O) groups is 1. The average Bonchev–Trinajstić information content (AvgIpc) is 3.28. The van der Waals surface area contributed by atoms with Crippen LogP contribution in [0.3, 0.4) is 0 Å². The van der Waals surface area contributed by atoms with Crippen LogP contribution in [0.2, 0.25) is 0 Å². The second-order valence-corrected chi connectivity index (χ2v) is 9.72. The Morgan fingerprint density at radius 1 is 1.03 bits per heavy atom. The van der Waals surface area contributed by atoms with E-state index in [1.165, 1.54) is 10.4 Å². The Kier molecular flexibility index (Phi) is 7.53. The van der Waals surface area contributed by atoms with Gasteiger partial charge in [-0.15, -0.1) is 0 Å². The number of anilines is 1. The normalized spacial score (nSPS) is 14.8. The molecule has 3 rings (SSSR count). The Hall–Kier alpha value is -2.79. The van der Waals surface area contributed by atoms with Crippen molar-refractivity contribution >= 4 is 21.6 Å². The van der Waals surface area contributed by atoms with E-state index >= 15 is 0 Å². The molecular weight excluding hydrogens is 461 g/mol. The van der Waals surface area contributed by atoms with Gasteiger partial charge in [0, 0.05) is 13.1 Å². The maximum absolute atomic E-state index is 12.8. The monoisotopic (exact) mass is 486 g/mol. The van der Waals surface area contributed by atoms with Gasteiger partial charge in [-0.05, 0) is 62.1 Å². The first-order chi connectivity index (χ1) is 15.5. The highest BCUT2D eigenvalue weighted by molar-refractivity contribution is 7.89. The van der Waals surface area contributed by atoms with Gasteiger partial charge in [-0.2, -0.15) is 17.5 Å². The van der Waals surface area contributed by atoms with Crippen LogP contribution >= 0.6 is 0 Å². The Labute approximate surface area is 190 Å². The highest BCUT2D eigenvalue weighted by Crippen LogP contribution is 2.31. The van der Waals surface area contributed by atoms with Crippen LogP contribution in [0.25, 0.3) is 0 Å². The van der Waals surface area contributed by atoms with Gasteiger partial charge in [0.15, 0.2) is 13.2 Å². The van der Waals surface area contributed by atoms with Crippen LogP contribution in [0.5, 0.6) is 11.5 Å². The van der Waals surface area contributed by atoms with Crippen LogP contribution < -0.4 is 14.8 Å². The second kappa shape index (κ2) is 10.0. The quantitative estimate of drug-likeness (QED) is 0.609. The molecule has 2 aromatic carbocycles. The number of benzene rings is 2. The summed E-state index contributed by atoms with van der Waals surface area (Å²) in [5, 5.41) is 2.41. The molecule has 1 heterocycles. The lowest BCUT2D eigenvalue weighted by molar-refractivity contribution is -0.153. The lowest BCUT2D eigenvalue weighted by Crippen LogP contribution is -2.28. The number of hydrogen-bond acceptors (Lipinski definition) is 5. The molecule has 0 unspecified atom stereocenters. The van der Waals surface area contributed by atoms with Gasteiger partial charge in [-0.1, -0.05) is 12.1 Å². The molecule has 0 bridgehead atoms. The van der Waals surface area contributed by atoms with E-state index in [2.05, 4.69) is 5.32 Å². The maximum Gasteiger partial charge on any atom is 0.422 e. The molecule has 1 aliphatic rings. The Morgan fingerprint density at radius 2 is 1.73 bits per heavy atom. The summed E-state index contributed by atoms with van der Waals surface area (Å²) < 4.78 is 75.3. The van der Waals surface area contributed by atoms with Crippen LogP contribution in [-0.2, 0) is 14.8 Å². The fourth-order valence-corrected chi connectivity index (χ4v) is 4.87. The summed E-state index contributed by atoms with van der Waals surface area (Å²) in [5.41, 5.74) is 1.55. The fourth-order valence-electron chi connectivity index (χ4n) is 3.32. The lowest BCUT2D eigenvalue weighted by atomic mass is 10.1. The third kappa shape index (κ3) is 6.61. The highest BCUT2D eigenvalue weighted by atomic mass is 32.2. The molecule has 0 saturated carbocycles. The number of carbonyl (C=O) groups excluding carboxylic acids is 1. The van der Waals surface area contributed by atoms with E-state index in [9.17, 15) is 26.4 Å². The van der Waals surface area contributed by atoms with Crippen molar-refractivity contribution < 1.29 is 35.9 Å². The first kappa shape index (κ1) is 24.8. The van der Waals surface area contributed by atoms with Crippen molar-refractivity contribution in [1.29, 1.82) is 0 Å². The standard InChI is InChI=1S/C22H25F3N2O5S/c1-15-5-6-16(2)20(11-15)31-13-21(28)26-18-12-17(33(29,30)27-9-3-4-10-27)7-8-19(18)32-14-22(23,24)25/h5-8,11-12H,3-4,9-10,13-14H2,1-2H3,(H,26,28). The lowest BCUT2D eigenvalue weighted by Gasteiger charge is -2.19. The van der Waals surface area contributed by atoms with Crippen molar-refractivity contribution in [3.8, 4) is 11.5 Å². The molecule has 0 aliphatic carbocycles. The Balaban J connectivity index is 1.81. The van der Waals surface area contributed by atoms with Gasteiger partial charge in [0.2, 0.25) is 10.0 Å². The molecule has 33 heavy (non-hydrogen) atoms. The Morgan fingerprint density at radius 3 is 2.39 bits per heavy atom. The molecule has 0 radical (unpaired) electrons. The molecule has 180 valence electrons. The largest absolute Gasteiger partial charge is 0.483 e. The number of aryl methyl sites for hydroxylation is 2. The highest BCUT2D eigenvalue weighted by Gasteiger charge is 2.31. The van der Waals surface area contributed by atoms with Gasteiger partial charge in [-0.25, -0.2) is 8.42 Å². The van der Waals surface area contributed by atoms with E-state index in [1.54, 1.807) is 6.07 Å². The number of ether oxygens (including phenoxy) is 2. The van der Waals surface area contributed by atoms with Gasteiger partial charge in [0.25, 0.3) is 5.91 Å². The molecule has 0 spiro atoms. The second-order valence-electron chi connectivity index (χ2n) is 7.78. The molecule has 1 fully saturated rings. The van der Waals surface area contributed by atoms with E-state index < -0.39 is 35.3 Å². The number of hydrogen-bond donors (Lipinski definition) is 1. The van der Waals surface area contributed by atoms with E-state index in [1.807, 2.05) is 26.0 Å². The Bertz CT molecular complexity index is 1110. The number of amides is 1. The van der Waals surface area contributed by atoms with Crippen LogP contribution in [-0.4, -0.2) is 51.1 Å². The van der Waals surface area contributed by atoms with E-state index in [0.29, 0.717) is 18.8 Å². The molecule has 7 nitrogen and oxygen atoms in total. The van der Waals surface area contributed by atoms with Gasteiger partial charge in [-0.3, -0.25) is 4.79 Å². The number of sulfonamides is 1. The number of rotatable bonds is 8. The molecule has 2 aromatic rings. The zero-order valence-corrected chi connectivity index (χ0v) is 19.1. The predicted molar refractivity (Wildman–Crippen MR) is 116 cm³/mol. The van der Waals surface area contributed by atoms with Crippen molar-refractivity contribution in [3.05, 3.63) is 47.5 Å². The van der Waals surface area contributed by atoms with E-state index in [4.69, 9.17) is 9.47 Å². The average molecular weight is 487 g/mol. The summed E-state index contributed by atoms with van der Waals surface area (Å²) in [6.07, 6.45) is -3.15. The zero-order chi connectivity index (χ0) is 24.2. The number of nitrogens with one attached hydrogen (secondary N) is 1. The summed E-state index contributed by atoms with van der Waals surface area (Å²) in [6, 6.07) is 8.85. The summed E-state index contributed by atoms with van der Waals surface area (Å²) >= 11 is 0. The third-order valence-corrected chi connectivity index (χ3v) is 6.92. The van der Waals surface area contributed by atoms with Gasteiger partial charge < -0.3 is 14.8 Å². The van der Waals surface area contributed by atoms with Crippen LogP contribution in [0.15, 0.2) is 41.3 Å². The maximum atomic E-state index is 12.8. The molecule has 1 saturated heterocycles. The first-order valence-corrected chi connectivity index (χ1v) is 11.7. The van der Waals surface area contributed by atoms with Crippen molar-refractivity contribution in [3.63, 3.8) is 0 Å². The van der Waals surface area contributed by atoms with Gasteiger partial charge >= 0.3 is 6.18 Å². The fraction of sp³-hybridized carbons (Fsp3) is 0.409. The molecule has 1 N–H and O–H groups in total. The minimum Gasteiger partial charge on any atom is -0.483 e. The van der Waals surface area contributed by atoms with Crippen molar-refractivity contribution in [2.24, 2.45) is 0 Å².